The number of fused-ring (bicyclic) bond motifs is 1. The van der Waals surface area contributed by atoms with Gasteiger partial charge < -0.3 is 4.90 Å². The lowest BCUT2D eigenvalue weighted by atomic mass is 9.94. The summed E-state index contributed by atoms with van der Waals surface area (Å²) >= 11 is 1.27. The summed E-state index contributed by atoms with van der Waals surface area (Å²) in [5.41, 5.74) is -0.500. The van der Waals surface area contributed by atoms with Gasteiger partial charge in [-0.3, -0.25) is 0 Å². The number of hydrogen-bond acceptors (Lipinski definition) is 2. The summed E-state index contributed by atoms with van der Waals surface area (Å²) in [4.78, 5) is 2.34. The van der Waals surface area contributed by atoms with Crippen LogP contribution in [-0.4, -0.2) is 17.8 Å². The zero-order valence-electron chi connectivity index (χ0n) is 17.7. The van der Waals surface area contributed by atoms with E-state index in [0.29, 0.717) is 16.1 Å². The molecule has 0 atom stereocenters. The SMILES string of the molecule is Cc1cc2c(C3=CC(F)(F)C(F)(F)C3(F)F)c(N(c3ccccc3)c3ccccc3)ccc2s1. The van der Waals surface area contributed by atoms with E-state index in [-0.39, 0.29) is 22.7 Å². The molecule has 1 aliphatic rings. The topological polar surface area (TPSA) is 3.24 Å². The van der Waals surface area contributed by atoms with Crippen molar-refractivity contribution in [3.8, 4) is 0 Å². The van der Waals surface area contributed by atoms with E-state index in [1.807, 2.05) is 0 Å². The number of benzene rings is 3. The van der Waals surface area contributed by atoms with Crippen LogP contribution in [0.3, 0.4) is 0 Å². The lowest BCUT2D eigenvalue weighted by Gasteiger charge is -2.30. The Labute approximate surface area is 195 Å². The van der Waals surface area contributed by atoms with E-state index >= 15 is 8.78 Å². The second-order valence-electron chi connectivity index (χ2n) is 8.06. The number of hydrogen-bond donors (Lipinski definition) is 0. The number of para-hydroxylation sites is 2. The molecule has 0 aliphatic heterocycles. The van der Waals surface area contributed by atoms with Gasteiger partial charge in [0.1, 0.15) is 0 Å². The third-order valence-corrected chi connectivity index (χ3v) is 6.83. The summed E-state index contributed by atoms with van der Waals surface area (Å²) in [7, 11) is 0. The normalized spacial score (nSPS) is 18.1. The van der Waals surface area contributed by atoms with Crippen LogP contribution in [0, 0.1) is 6.92 Å². The molecule has 0 amide bonds. The van der Waals surface area contributed by atoms with Crippen molar-refractivity contribution in [2.24, 2.45) is 0 Å². The van der Waals surface area contributed by atoms with Crippen LogP contribution < -0.4 is 4.90 Å². The highest BCUT2D eigenvalue weighted by molar-refractivity contribution is 7.19. The highest BCUT2D eigenvalue weighted by atomic mass is 32.1. The van der Waals surface area contributed by atoms with Gasteiger partial charge in [0.2, 0.25) is 0 Å². The monoisotopic (exact) mass is 489 g/mol. The van der Waals surface area contributed by atoms with Crippen molar-refractivity contribution in [2.45, 2.75) is 24.7 Å². The Morgan fingerprint density at radius 2 is 1.29 bits per heavy atom. The van der Waals surface area contributed by atoms with E-state index in [0.717, 1.165) is 4.88 Å². The van der Waals surface area contributed by atoms with Crippen LogP contribution in [0.15, 0.2) is 84.9 Å². The average Bonchev–Trinajstić information content (AvgIpc) is 3.24. The molecule has 34 heavy (non-hydrogen) atoms. The lowest BCUT2D eigenvalue weighted by Crippen LogP contribution is -2.48. The molecule has 1 aliphatic carbocycles. The maximum atomic E-state index is 15.0. The van der Waals surface area contributed by atoms with E-state index in [9.17, 15) is 17.6 Å². The fraction of sp³-hybridized carbons (Fsp3) is 0.154. The van der Waals surface area contributed by atoms with E-state index < -0.39 is 23.3 Å². The molecule has 0 saturated heterocycles. The molecule has 4 aromatic rings. The van der Waals surface area contributed by atoms with Gasteiger partial charge in [-0.1, -0.05) is 36.4 Å². The molecular weight excluding hydrogens is 472 g/mol. The number of anilines is 3. The zero-order valence-corrected chi connectivity index (χ0v) is 18.5. The van der Waals surface area contributed by atoms with Gasteiger partial charge in [-0.25, -0.2) is 0 Å². The standard InChI is InChI=1S/C26H17F6NS/c1-16-14-19-22(34-16)13-12-21(23(19)20-15-24(27,28)26(31,32)25(20,29)30)33(17-8-4-2-5-9-17)18-10-6-3-7-11-18/h2-15H,1H3. The molecular formula is C26H17F6NS. The van der Waals surface area contributed by atoms with Gasteiger partial charge in [-0.05, 0) is 49.4 Å². The van der Waals surface area contributed by atoms with Crippen LogP contribution in [-0.2, 0) is 0 Å². The molecule has 3 aromatic carbocycles. The number of halogens is 6. The second-order valence-corrected chi connectivity index (χ2v) is 9.35. The number of allylic oxidation sites excluding steroid dienone is 2. The minimum Gasteiger partial charge on any atom is -0.310 e. The van der Waals surface area contributed by atoms with Gasteiger partial charge in [-0.2, -0.15) is 26.3 Å². The van der Waals surface area contributed by atoms with Gasteiger partial charge in [0.25, 0.3) is 0 Å². The number of alkyl halides is 6. The highest BCUT2D eigenvalue weighted by Gasteiger charge is 2.77. The van der Waals surface area contributed by atoms with E-state index in [1.54, 1.807) is 84.6 Å². The Morgan fingerprint density at radius 3 is 1.79 bits per heavy atom. The summed E-state index contributed by atoms with van der Waals surface area (Å²) in [5.74, 6) is -15.6. The van der Waals surface area contributed by atoms with Crippen LogP contribution in [0.25, 0.3) is 15.7 Å². The molecule has 0 radical (unpaired) electrons. The molecule has 0 saturated carbocycles. The first-order valence-corrected chi connectivity index (χ1v) is 11.2. The molecule has 1 aromatic heterocycles. The molecule has 0 N–H and O–H groups in total. The number of thiophene rings is 1. The fourth-order valence-corrected chi connectivity index (χ4v) is 5.18. The van der Waals surface area contributed by atoms with Gasteiger partial charge in [-0.15, -0.1) is 11.3 Å². The maximum absolute atomic E-state index is 15.0. The first-order valence-electron chi connectivity index (χ1n) is 10.3. The molecule has 0 spiro atoms. The summed E-state index contributed by atoms with van der Waals surface area (Å²) in [6, 6.07) is 22.2. The first kappa shape index (κ1) is 22.5. The van der Waals surface area contributed by atoms with Crippen molar-refractivity contribution < 1.29 is 26.3 Å². The quantitative estimate of drug-likeness (QED) is 0.259. The van der Waals surface area contributed by atoms with Crippen molar-refractivity contribution in [2.75, 3.05) is 4.90 Å². The average molecular weight is 489 g/mol. The first-order chi connectivity index (χ1) is 16.0. The van der Waals surface area contributed by atoms with Crippen LogP contribution in [0.5, 0.6) is 0 Å². The van der Waals surface area contributed by atoms with Crippen molar-refractivity contribution in [1.82, 2.24) is 0 Å². The summed E-state index contributed by atoms with van der Waals surface area (Å²) in [6.45, 7) is 1.74. The van der Waals surface area contributed by atoms with Crippen molar-refractivity contribution >= 4 is 44.1 Å². The predicted octanol–water partition coefficient (Wildman–Crippen LogP) is 8.98. The lowest BCUT2D eigenvalue weighted by molar-refractivity contribution is -0.257. The molecule has 5 rings (SSSR count). The molecule has 0 bridgehead atoms. The minimum absolute atomic E-state index is 0.0992. The fourth-order valence-electron chi connectivity index (χ4n) is 4.25. The molecule has 0 unspecified atom stereocenters. The third kappa shape index (κ3) is 3.23. The van der Waals surface area contributed by atoms with Gasteiger partial charge in [0.15, 0.2) is 0 Å². The number of nitrogens with zero attached hydrogens (tertiary/aromatic N) is 1. The Kier molecular flexibility index (Phi) is 5.06. The minimum atomic E-state index is -5.55. The summed E-state index contributed by atoms with van der Waals surface area (Å²) in [6.07, 6.45) is -0.271. The largest absolute Gasteiger partial charge is 0.380 e. The molecule has 1 heterocycles. The van der Waals surface area contributed by atoms with E-state index in [1.165, 1.54) is 17.4 Å². The molecule has 8 heteroatoms. The van der Waals surface area contributed by atoms with Gasteiger partial charge >= 0.3 is 17.8 Å². The summed E-state index contributed by atoms with van der Waals surface area (Å²) in [5, 5.41) is 0.219. The van der Waals surface area contributed by atoms with Crippen molar-refractivity contribution in [3.05, 3.63) is 95.4 Å². The third-order valence-electron chi connectivity index (χ3n) is 5.82. The van der Waals surface area contributed by atoms with Crippen molar-refractivity contribution in [1.29, 1.82) is 0 Å². The predicted molar refractivity (Wildman–Crippen MR) is 124 cm³/mol. The van der Waals surface area contributed by atoms with Crippen molar-refractivity contribution in [3.63, 3.8) is 0 Å². The number of rotatable bonds is 4. The van der Waals surface area contributed by atoms with Crippen LogP contribution in [0.2, 0.25) is 0 Å². The molecule has 1 nitrogen and oxygen atoms in total. The Bertz CT molecular complexity index is 1350. The Hall–Kier alpha value is -3.26. The van der Waals surface area contributed by atoms with Crippen LogP contribution >= 0.6 is 11.3 Å². The van der Waals surface area contributed by atoms with E-state index in [4.69, 9.17) is 0 Å². The second kappa shape index (κ2) is 7.63. The Morgan fingerprint density at radius 1 is 0.735 bits per heavy atom. The highest BCUT2D eigenvalue weighted by Crippen LogP contribution is 2.60. The number of aryl methyl sites for hydroxylation is 1. The van der Waals surface area contributed by atoms with Gasteiger partial charge in [0, 0.05) is 43.6 Å². The van der Waals surface area contributed by atoms with Crippen LogP contribution in [0.1, 0.15) is 10.4 Å². The van der Waals surface area contributed by atoms with Gasteiger partial charge in [0.05, 0.1) is 5.69 Å². The molecule has 174 valence electrons. The van der Waals surface area contributed by atoms with Crippen LogP contribution in [0.4, 0.5) is 43.4 Å². The Balaban J connectivity index is 1.87. The summed E-state index contributed by atoms with van der Waals surface area (Å²) < 4.78 is 87.6. The smallest absolute Gasteiger partial charge is 0.310 e. The van der Waals surface area contributed by atoms with E-state index in [2.05, 4.69) is 0 Å². The maximum Gasteiger partial charge on any atom is 0.380 e. The molecule has 0 fully saturated rings. The zero-order chi connectivity index (χ0) is 24.3.